The molecule has 0 amide bonds. The summed E-state index contributed by atoms with van der Waals surface area (Å²) >= 11 is 0. The molecule has 0 saturated carbocycles. The van der Waals surface area contributed by atoms with Gasteiger partial charge in [0.15, 0.2) is 5.96 Å². The van der Waals surface area contributed by atoms with Crippen molar-refractivity contribution in [2.45, 2.75) is 19.4 Å². The lowest BCUT2D eigenvalue weighted by Crippen LogP contribution is -2.41. The second kappa shape index (κ2) is 12.7. The topological polar surface area (TPSA) is 58.6 Å². The first-order chi connectivity index (χ1) is 14.1. The maximum atomic E-state index is 5.73. The van der Waals surface area contributed by atoms with Crippen molar-refractivity contribution in [3.8, 4) is 5.75 Å². The molecule has 2 atom stereocenters. The van der Waals surface area contributed by atoms with Crippen molar-refractivity contribution < 1.29 is 14.2 Å². The summed E-state index contributed by atoms with van der Waals surface area (Å²) in [6, 6.07) is 8.33. The van der Waals surface area contributed by atoms with E-state index in [4.69, 9.17) is 19.2 Å². The predicted molar refractivity (Wildman–Crippen MR) is 118 cm³/mol. The molecule has 0 aliphatic carbocycles. The number of para-hydroxylation sites is 1. The second-order valence-electron chi connectivity index (χ2n) is 7.58. The number of nitrogens with one attached hydrogen (secondary N) is 1. The van der Waals surface area contributed by atoms with Crippen LogP contribution in [0.15, 0.2) is 29.3 Å². The van der Waals surface area contributed by atoms with Crippen LogP contribution < -0.4 is 10.1 Å². The lowest BCUT2D eigenvalue weighted by Gasteiger charge is -2.27. The first-order valence-electron chi connectivity index (χ1n) is 10.5. The number of rotatable bonds is 11. The average molecular weight is 407 g/mol. The van der Waals surface area contributed by atoms with Crippen LogP contribution in [0.2, 0.25) is 0 Å². The third kappa shape index (κ3) is 7.17. The third-order valence-corrected chi connectivity index (χ3v) is 5.24. The lowest BCUT2D eigenvalue weighted by molar-refractivity contribution is 0.0536. The first kappa shape index (κ1) is 23.4. The van der Waals surface area contributed by atoms with Gasteiger partial charge in [0.05, 0.1) is 39.5 Å². The SMILES string of the molecule is CCNC(=NCC(c1ccccc1OC)N(C)C)N1CCC(COCCOC)C1. The molecule has 0 aromatic heterocycles. The molecule has 164 valence electrons. The van der Waals surface area contributed by atoms with Gasteiger partial charge in [-0.15, -0.1) is 0 Å². The molecule has 1 saturated heterocycles. The van der Waals surface area contributed by atoms with Crippen LogP contribution in [0.3, 0.4) is 0 Å². The van der Waals surface area contributed by atoms with E-state index in [0.717, 1.165) is 49.9 Å². The van der Waals surface area contributed by atoms with E-state index >= 15 is 0 Å². The Labute approximate surface area is 176 Å². The van der Waals surface area contributed by atoms with Crippen molar-refractivity contribution >= 4 is 5.96 Å². The zero-order chi connectivity index (χ0) is 21.1. The highest BCUT2D eigenvalue weighted by molar-refractivity contribution is 5.80. The van der Waals surface area contributed by atoms with Crippen molar-refractivity contribution in [1.82, 2.24) is 15.1 Å². The molecule has 7 heteroatoms. The molecule has 1 aromatic rings. The predicted octanol–water partition coefficient (Wildman–Crippen LogP) is 2.25. The summed E-state index contributed by atoms with van der Waals surface area (Å²) in [6.45, 7) is 7.69. The van der Waals surface area contributed by atoms with Gasteiger partial charge in [0.25, 0.3) is 0 Å². The Kier molecular flexibility index (Phi) is 10.2. The second-order valence-corrected chi connectivity index (χ2v) is 7.58. The summed E-state index contributed by atoms with van der Waals surface area (Å²) in [7, 11) is 7.59. The minimum absolute atomic E-state index is 0.149. The number of nitrogens with zero attached hydrogens (tertiary/aromatic N) is 3. The molecular weight excluding hydrogens is 368 g/mol. The Morgan fingerprint density at radius 3 is 2.76 bits per heavy atom. The number of ether oxygens (including phenoxy) is 3. The third-order valence-electron chi connectivity index (χ3n) is 5.24. The molecule has 0 radical (unpaired) electrons. The van der Waals surface area contributed by atoms with Gasteiger partial charge >= 0.3 is 0 Å². The maximum Gasteiger partial charge on any atom is 0.193 e. The fourth-order valence-electron chi connectivity index (χ4n) is 3.63. The van der Waals surface area contributed by atoms with Crippen molar-refractivity contribution in [3.05, 3.63) is 29.8 Å². The van der Waals surface area contributed by atoms with Gasteiger partial charge in [0.2, 0.25) is 0 Å². The first-order valence-corrected chi connectivity index (χ1v) is 10.5. The van der Waals surface area contributed by atoms with Crippen LogP contribution in [-0.4, -0.2) is 90.1 Å². The highest BCUT2D eigenvalue weighted by Crippen LogP contribution is 2.28. The van der Waals surface area contributed by atoms with Crippen molar-refractivity contribution in [3.63, 3.8) is 0 Å². The van der Waals surface area contributed by atoms with Gasteiger partial charge in [0, 0.05) is 38.2 Å². The van der Waals surface area contributed by atoms with E-state index in [1.165, 1.54) is 0 Å². The van der Waals surface area contributed by atoms with E-state index < -0.39 is 0 Å². The van der Waals surface area contributed by atoms with Gasteiger partial charge in [-0.1, -0.05) is 18.2 Å². The van der Waals surface area contributed by atoms with Crippen LogP contribution in [0.4, 0.5) is 0 Å². The van der Waals surface area contributed by atoms with Crippen LogP contribution >= 0.6 is 0 Å². The molecule has 2 rings (SSSR count). The minimum atomic E-state index is 0.149. The van der Waals surface area contributed by atoms with Crippen LogP contribution in [0.25, 0.3) is 0 Å². The van der Waals surface area contributed by atoms with E-state index in [-0.39, 0.29) is 6.04 Å². The van der Waals surface area contributed by atoms with Gasteiger partial charge in [-0.2, -0.15) is 0 Å². The van der Waals surface area contributed by atoms with E-state index in [1.54, 1.807) is 14.2 Å². The van der Waals surface area contributed by atoms with Crippen LogP contribution in [0.5, 0.6) is 5.75 Å². The molecule has 1 aliphatic heterocycles. The summed E-state index contributed by atoms with van der Waals surface area (Å²) in [5.41, 5.74) is 1.16. The smallest absolute Gasteiger partial charge is 0.193 e. The number of methoxy groups -OCH3 is 2. The average Bonchev–Trinajstić information content (AvgIpc) is 3.19. The Balaban J connectivity index is 2.03. The van der Waals surface area contributed by atoms with Crippen molar-refractivity contribution in [2.75, 3.05) is 74.3 Å². The Morgan fingerprint density at radius 1 is 1.28 bits per heavy atom. The Bertz CT molecular complexity index is 624. The molecule has 1 fully saturated rings. The molecule has 2 unspecified atom stereocenters. The van der Waals surface area contributed by atoms with Crippen LogP contribution in [0, 0.1) is 5.92 Å². The van der Waals surface area contributed by atoms with Crippen molar-refractivity contribution in [1.29, 1.82) is 0 Å². The Morgan fingerprint density at radius 2 is 2.07 bits per heavy atom. The number of benzene rings is 1. The number of aliphatic imine (C=N–C) groups is 1. The number of guanidine groups is 1. The fraction of sp³-hybridized carbons (Fsp3) is 0.682. The normalized spacial score (nSPS) is 18.3. The van der Waals surface area contributed by atoms with Gasteiger partial charge in [0.1, 0.15) is 5.75 Å². The molecule has 0 bridgehead atoms. The molecular formula is C22H38N4O3. The molecule has 1 aromatic carbocycles. The molecule has 29 heavy (non-hydrogen) atoms. The number of likely N-dealkylation sites (N-methyl/N-ethyl adjacent to an activating group) is 1. The maximum absolute atomic E-state index is 5.73. The summed E-state index contributed by atoms with van der Waals surface area (Å²) in [6.07, 6.45) is 1.13. The van der Waals surface area contributed by atoms with E-state index in [2.05, 4.69) is 48.3 Å². The summed E-state index contributed by atoms with van der Waals surface area (Å²) in [4.78, 5) is 9.53. The van der Waals surface area contributed by atoms with Gasteiger partial charge in [-0.05, 0) is 33.5 Å². The summed E-state index contributed by atoms with van der Waals surface area (Å²) in [5, 5.41) is 3.46. The zero-order valence-electron chi connectivity index (χ0n) is 18.7. The highest BCUT2D eigenvalue weighted by atomic mass is 16.5. The van der Waals surface area contributed by atoms with E-state index in [0.29, 0.717) is 25.7 Å². The van der Waals surface area contributed by atoms with Crippen LogP contribution in [0.1, 0.15) is 24.9 Å². The standard InChI is InChI=1S/C22H38N4O3/c1-6-23-22(26-12-11-18(16-26)17-29-14-13-27-4)24-15-20(25(2)3)19-9-7-8-10-21(19)28-5/h7-10,18,20H,6,11-17H2,1-5H3,(H,23,24). The minimum Gasteiger partial charge on any atom is -0.496 e. The lowest BCUT2D eigenvalue weighted by atomic mass is 10.0. The monoisotopic (exact) mass is 406 g/mol. The quantitative estimate of drug-likeness (QED) is 0.346. The molecule has 1 aliphatic rings. The molecule has 7 nitrogen and oxygen atoms in total. The Hall–Kier alpha value is -1.83. The van der Waals surface area contributed by atoms with Crippen LogP contribution in [-0.2, 0) is 9.47 Å². The van der Waals surface area contributed by atoms with E-state index in [1.807, 2.05) is 12.1 Å². The molecule has 0 spiro atoms. The highest BCUT2D eigenvalue weighted by Gasteiger charge is 2.26. The van der Waals surface area contributed by atoms with Gasteiger partial charge in [-0.25, -0.2) is 0 Å². The number of likely N-dealkylation sites (tertiary alicyclic amines) is 1. The largest absolute Gasteiger partial charge is 0.496 e. The van der Waals surface area contributed by atoms with E-state index in [9.17, 15) is 0 Å². The number of hydrogen-bond acceptors (Lipinski definition) is 5. The van der Waals surface area contributed by atoms with Gasteiger partial charge < -0.3 is 29.3 Å². The van der Waals surface area contributed by atoms with Crippen molar-refractivity contribution in [2.24, 2.45) is 10.9 Å². The summed E-state index contributed by atoms with van der Waals surface area (Å²) in [5.74, 6) is 2.42. The van der Waals surface area contributed by atoms with Gasteiger partial charge in [-0.3, -0.25) is 4.99 Å². The number of hydrogen-bond donors (Lipinski definition) is 1. The molecule has 1 heterocycles. The zero-order valence-corrected chi connectivity index (χ0v) is 18.7. The fourth-order valence-corrected chi connectivity index (χ4v) is 3.63. The molecule has 1 N–H and O–H groups in total. The summed E-state index contributed by atoms with van der Waals surface area (Å²) < 4.78 is 16.3.